The van der Waals surface area contributed by atoms with Gasteiger partial charge in [0, 0.05) is 32.7 Å². The Morgan fingerprint density at radius 1 is 1.40 bits per heavy atom. The molecule has 0 aliphatic heterocycles. The maximum Gasteiger partial charge on any atom is 0 e. The predicted molar refractivity (Wildman–Crippen MR) is 19.2 cm³/mol. The number of hydrogen-bond acceptors (Lipinski definition) is 0. The third-order valence-corrected chi connectivity index (χ3v) is 0. The fourth-order valence-corrected chi connectivity index (χ4v) is 0. The molecule has 0 nitrogen and oxygen atoms in total. The van der Waals surface area contributed by atoms with Crippen molar-refractivity contribution in [3.05, 3.63) is 12.2 Å². The van der Waals surface area contributed by atoms with Crippen LogP contribution >= 0.6 is 0 Å². The van der Waals surface area contributed by atoms with Crippen molar-refractivity contribution in [2.24, 2.45) is 0 Å². The minimum absolute atomic E-state index is 0. The molecule has 0 fully saturated rings. The molecule has 0 saturated carbocycles. The first-order chi connectivity index (χ1) is 1.73. The van der Waals surface area contributed by atoms with Gasteiger partial charge in [0.2, 0.25) is 0 Å². The fraction of sp³-hybridized carbons (Fsp3) is 0.500. The molecule has 1 heteroatoms. The van der Waals surface area contributed by atoms with Gasteiger partial charge in [-0.1, -0.05) is 13.8 Å². The Morgan fingerprint density at radius 3 is 1.40 bits per heavy atom. The summed E-state index contributed by atoms with van der Waals surface area (Å²) in [5, 5.41) is 0. The van der Waals surface area contributed by atoms with Gasteiger partial charge in [-0.25, -0.2) is 0 Å². The number of allylic oxidation sites excluding steroid dienone is 1. The van der Waals surface area contributed by atoms with Crippen LogP contribution in [-0.4, -0.2) is 0 Å². The number of hydrogen-bond donors (Lipinski definition) is 0. The van der Waals surface area contributed by atoms with Crippen LogP contribution in [0.25, 0.3) is 0 Å². The molecule has 0 unspecified atom stereocenters. The van der Waals surface area contributed by atoms with E-state index in [-0.39, 0.29) is 32.7 Å². The van der Waals surface area contributed by atoms with Crippen molar-refractivity contribution in [1.82, 2.24) is 0 Å². The van der Waals surface area contributed by atoms with E-state index in [0.29, 0.717) is 0 Å². The third-order valence-electron chi connectivity index (χ3n) is 0. The van der Waals surface area contributed by atoms with Gasteiger partial charge in [0.25, 0.3) is 0 Å². The van der Waals surface area contributed by atoms with Crippen molar-refractivity contribution in [3.63, 3.8) is 0 Å². The molecule has 5 heavy (non-hydrogen) atoms. The van der Waals surface area contributed by atoms with Crippen LogP contribution in [0.5, 0.6) is 0 Å². The summed E-state index contributed by atoms with van der Waals surface area (Å²) in [6, 6.07) is 0. The first kappa shape index (κ1) is 9.28. The number of rotatable bonds is 0. The van der Waals surface area contributed by atoms with E-state index in [1.54, 1.807) is 0 Å². The van der Waals surface area contributed by atoms with Crippen molar-refractivity contribution >= 4 is 0 Å². The van der Waals surface area contributed by atoms with E-state index < -0.39 is 0 Å². The van der Waals surface area contributed by atoms with Crippen molar-refractivity contribution in [1.29, 1.82) is 0 Å². The van der Waals surface area contributed by atoms with Gasteiger partial charge in [0.05, 0.1) is 0 Å². The maximum atomic E-state index is 5.03. The normalized spacial score (nSPS) is 5.20. The standard InChI is InChI=1S/C4H7.Y/c1-4(2)3;/h1H,2-3H3;/q-1;. The van der Waals surface area contributed by atoms with Crippen LogP contribution in [0.3, 0.4) is 0 Å². The van der Waals surface area contributed by atoms with Crippen molar-refractivity contribution in [3.8, 4) is 0 Å². The molecule has 0 amide bonds. The average Bonchev–Trinajstić information content (AvgIpc) is 0.811. The van der Waals surface area contributed by atoms with Crippen LogP contribution in [0.4, 0.5) is 0 Å². The molecule has 0 aromatic rings. The zero-order chi connectivity index (χ0) is 3.58. The van der Waals surface area contributed by atoms with Crippen LogP contribution in [-0.2, 0) is 32.7 Å². The smallest absolute Gasteiger partial charge is 0 e. The Labute approximate surface area is 58.5 Å². The molecule has 0 aromatic carbocycles. The SMILES string of the molecule is [CH-]=C(C)C.[Y]. The average molecular weight is 144 g/mol. The Morgan fingerprint density at radius 2 is 1.40 bits per heavy atom. The first-order valence-electron chi connectivity index (χ1n) is 1.29. The Balaban J connectivity index is 0. The Hall–Kier alpha value is 0.844. The van der Waals surface area contributed by atoms with Gasteiger partial charge in [0.1, 0.15) is 0 Å². The van der Waals surface area contributed by atoms with E-state index in [1.165, 1.54) is 0 Å². The quantitative estimate of drug-likeness (QED) is 0.450. The summed E-state index contributed by atoms with van der Waals surface area (Å²) in [5.41, 5.74) is 0.917. The molecule has 0 heterocycles. The van der Waals surface area contributed by atoms with Crippen LogP contribution in [0.2, 0.25) is 0 Å². The molecule has 0 atom stereocenters. The Kier molecular flexibility index (Phi) is 8.99. The van der Waals surface area contributed by atoms with E-state index in [2.05, 4.69) is 0 Å². The summed E-state index contributed by atoms with van der Waals surface area (Å²) in [6.45, 7) is 8.75. The van der Waals surface area contributed by atoms with Crippen LogP contribution < -0.4 is 0 Å². The zero-order valence-electron chi connectivity index (χ0n) is 3.65. The molecule has 0 saturated heterocycles. The van der Waals surface area contributed by atoms with Crippen LogP contribution in [0.1, 0.15) is 13.8 Å². The van der Waals surface area contributed by atoms with E-state index in [0.717, 1.165) is 5.57 Å². The van der Waals surface area contributed by atoms with Gasteiger partial charge in [-0.2, -0.15) is 0 Å². The summed E-state index contributed by atoms with van der Waals surface area (Å²) in [6.07, 6.45) is 0. The minimum Gasteiger partial charge on any atom is -0.515 e. The van der Waals surface area contributed by atoms with Gasteiger partial charge in [-0.05, 0) is 0 Å². The van der Waals surface area contributed by atoms with Gasteiger partial charge in [-0.15, -0.1) is 0 Å². The summed E-state index contributed by atoms with van der Waals surface area (Å²) in [5.74, 6) is 0. The molecule has 0 N–H and O–H groups in total. The zero-order valence-corrected chi connectivity index (χ0v) is 6.49. The molecule has 0 aliphatic rings. The predicted octanol–water partition coefficient (Wildman–Crippen LogP) is 1.38. The van der Waals surface area contributed by atoms with Gasteiger partial charge >= 0.3 is 0 Å². The molecular formula is C4H7Y-. The molecule has 27 valence electrons. The topological polar surface area (TPSA) is 0 Å². The first-order valence-corrected chi connectivity index (χ1v) is 1.29. The summed E-state index contributed by atoms with van der Waals surface area (Å²) in [7, 11) is 0. The molecule has 0 bridgehead atoms. The van der Waals surface area contributed by atoms with Crippen molar-refractivity contribution < 1.29 is 32.7 Å². The van der Waals surface area contributed by atoms with Crippen molar-refractivity contribution in [2.75, 3.05) is 0 Å². The Bertz CT molecular complexity index is 26.6. The van der Waals surface area contributed by atoms with Crippen LogP contribution in [0, 0.1) is 6.58 Å². The summed E-state index contributed by atoms with van der Waals surface area (Å²) in [4.78, 5) is 0. The maximum absolute atomic E-state index is 5.03. The summed E-state index contributed by atoms with van der Waals surface area (Å²) >= 11 is 0. The van der Waals surface area contributed by atoms with Crippen molar-refractivity contribution in [2.45, 2.75) is 13.8 Å². The van der Waals surface area contributed by atoms with Crippen LogP contribution in [0.15, 0.2) is 5.57 Å². The van der Waals surface area contributed by atoms with E-state index >= 15 is 0 Å². The second-order valence-electron chi connectivity index (χ2n) is 1.08. The van der Waals surface area contributed by atoms with E-state index in [4.69, 9.17) is 6.58 Å². The van der Waals surface area contributed by atoms with Gasteiger partial charge in [-0.3, -0.25) is 5.57 Å². The molecule has 1 radical (unpaired) electrons. The minimum atomic E-state index is 0. The molecular weight excluding hydrogens is 137 g/mol. The van der Waals surface area contributed by atoms with Gasteiger partial charge in [0.15, 0.2) is 0 Å². The fourth-order valence-electron chi connectivity index (χ4n) is 0. The van der Waals surface area contributed by atoms with E-state index in [9.17, 15) is 0 Å². The molecule has 0 rings (SSSR count). The second kappa shape index (κ2) is 4.84. The van der Waals surface area contributed by atoms with Gasteiger partial charge < -0.3 is 6.58 Å². The molecule has 0 aromatic heterocycles. The van der Waals surface area contributed by atoms with E-state index in [1.807, 2.05) is 13.8 Å². The third kappa shape index (κ3) is 55.0. The summed E-state index contributed by atoms with van der Waals surface area (Å²) < 4.78 is 0. The molecule has 0 aliphatic carbocycles. The molecule has 0 spiro atoms. The second-order valence-corrected chi connectivity index (χ2v) is 1.08. The largest absolute Gasteiger partial charge is 0.515 e. The monoisotopic (exact) mass is 144 g/mol.